The van der Waals surface area contributed by atoms with Crippen LogP contribution in [0.15, 0.2) is 54.6 Å². The van der Waals surface area contributed by atoms with Gasteiger partial charge in [-0.2, -0.15) is 5.10 Å². The Balaban J connectivity index is 1.72. The zero-order valence-corrected chi connectivity index (χ0v) is 15.2. The number of para-hydroxylation sites is 2. The van der Waals surface area contributed by atoms with Crippen LogP contribution in [0.4, 0.5) is 11.4 Å². The number of nitrogens with two attached hydrogens (primary N) is 1. The summed E-state index contributed by atoms with van der Waals surface area (Å²) in [4.78, 5) is 23.8. The maximum atomic E-state index is 12.4. The van der Waals surface area contributed by atoms with E-state index in [0.717, 1.165) is 17.1 Å². The SMILES string of the molecule is Cc1nn(-c2ccccc2)c(C)c1NC(=O)CNc1ccccc1C(N)=O. The van der Waals surface area contributed by atoms with E-state index >= 15 is 0 Å². The average molecular weight is 363 g/mol. The summed E-state index contributed by atoms with van der Waals surface area (Å²) < 4.78 is 1.79. The van der Waals surface area contributed by atoms with Crippen LogP contribution in [0.1, 0.15) is 21.7 Å². The van der Waals surface area contributed by atoms with Crippen molar-refractivity contribution in [2.75, 3.05) is 17.2 Å². The van der Waals surface area contributed by atoms with Crippen LogP contribution in [0, 0.1) is 13.8 Å². The van der Waals surface area contributed by atoms with Gasteiger partial charge in [-0.3, -0.25) is 9.59 Å². The molecule has 7 nitrogen and oxygen atoms in total. The van der Waals surface area contributed by atoms with E-state index in [1.54, 1.807) is 28.9 Å². The number of nitrogens with one attached hydrogen (secondary N) is 2. The molecule has 138 valence electrons. The number of rotatable bonds is 6. The van der Waals surface area contributed by atoms with Crippen molar-refractivity contribution in [1.29, 1.82) is 0 Å². The molecule has 0 saturated heterocycles. The fourth-order valence-corrected chi connectivity index (χ4v) is 2.86. The molecule has 0 bridgehead atoms. The van der Waals surface area contributed by atoms with Crippen LogP contribution in [-0.4, -0.2) is 28.1 Å². The van der Waals surface area contributed by atoms with E-state index in [-0.39, 0.29) is 12.5 Å². The van der Waals surface area contributed by atoms with E-state index in [1.165, 1.54) is 0 Å². The number of nitrogens with zero attached hydrogens (tertiary/aromatic N) is 2. The number of benzene rings is 2. The lowest BCUT2D eigenvalue weighted by Gasteiger charge is -2.11. The van der Waals surface area contributed by atoms with Gasteiger partial charge in [-0.1, -0.05) is 30.3 Å². The molecule has 2 amide bonds. The highest BCUT2D eigenvalue weighted by atomic mass is 16.2. The van der Waals surface area contributed by atoms with Crippen molar-refractivity contribution in [2.45, 2.75) is 13.8 Å². The Morgan fingerprint density at radius 2 is 1.70 bits per heavy atom. The molecular formula is C20H21N5O2. The summed E-state index contributed by atoms with van der Waals surface area (Å²) in [6.45, 7) is 3.75. The third-order valence-corrected chi connectivity index (χ3v) is 4.19. The molecular weight excluding hydrogens is 342 g/mol. The molecule has 3 rings (SSSR count). The molecule has 4 N–H and O–H groups in total. The fraction of sp³-hybridized carbons (Fsp3) is 0.150. The van der Waals surface area contributed by atoms with Gasteiger partial charge in [-0.05, 0) is 38.1 Å². The van der Waals surface area contributed by atoms with Crippen molar-refractivity contribution in [3.63, 3.8) is 0 Å². The predicted molar refractivity (Wildman–Crippen MR) is 105 cm³/mol. The Morgan fingerprint density at radius 1 is 1.04 bits per heavy atom. The van der Waals surface area contributed by atoms with Gasteiger partial charge in [0, 0.05) is 5.69 Å². The molecule has 0 unspecified atom stereocenters. The number of anilines is 2. The van der Waals surface area contributed by atoms with E-state index in [2.05, 4.69) is 15.7 Å². The average Bonchev–Trinajstić information content (AvgIpc) is 2.95. The first-order chi connectivity index (χ1) is 13.0. The fourth-order valence-electron chi connectivity index (χ4n) is 2.86. The molecule has 0 aliphatic heterocycles. The molecule has 1 aromatic heterocycles. The van der Waals surface area contributed by atoms with Crippen molar-refractivity contribution in [3.05, 3.63) is 71.5 Å². The van der Waals surface area contributed by atoms with Gasteiger partial charge in [0.25, 0.3) is 5.91 Å². The maximum Gasteiger partial charge on any atom is 0.250 e. The summed E-state index contributed by atoms with van der Waals surface area (Å²) in [5.41, 5.74) is 9.38. The minimum Gasteiger partial charge on any atom is -0.376 e. The quantitative estimate of drug-likeness (QED) is 0.626. The van der Waals surface area contributed by atoms with Gasteiger partial charge in [0.2, 0.25) is 5.91 Å². The summed E-state index contributed by atoms with van der Waals surface area (Å²) in [5, 5.41) is 10.3. The lowest BCUT2D eigenvalue weighted by molar-refractivity contribution is -0.114. The second-order valence-corrected chi connectivity index (χ2v) is 6.10. The number of carbonyl (C=O) groups is 2. The normalized spacial score (nSPS) is 10.4. The number of carbonyl (C=O) groups excluding carboxylic acids is 2. The van der Waals surface area contributed by atoms with Gasteiger partial charge in [0.1, 0.15) is 0 Å². The Hall–Kier alpha value is -3.61. The second-order valence-electron chi connectivity index (χ2n) is 6.10. The van der Waals surface area contributed by atoms with Gasteiger partial charge in [0.15, 0.2) is 0 Å². The number of hydrogen-bond acceptors (Lipinski definition) is 4. The zero-order chi connectivity index (χ0) is 19.4. The lowest BCUT2D eigenvalue weighted by atomic mass is 10.1. The van der Waals surface area contributed by atoms with Crippen LogP contribution in [0.5, 0.6) is 0 Å². The maximum absolute atomic E-state index is 12.4. The number of primary amides is 1. The van der Waals surface area contributed by atoms with Crippen molar-refractivity contribution in [2.24, 2.45) is 5.73 Å². The summed E-state index contributed by atoms with van der Waals surface area (Å²) in [7, 11) is 0. The molecule has 0 radical (unpaired) electrons. The van der Waals surface area contributed by atoms with Crippen LogP contribution in [0.25, 0.3) is 5.69 Å². The van der Waals surface area contributed by atoms with E-state index in [1.807, 2.05) is 44.2 Å². The van der Waals surface area contributed by atoms with Crippen LogP contribution in [0.2, 0.25) is 0 Å². The number of hydrogen-bond donors (Lipinski definition) is 3. The summed E-state index contributed by atoms with van der Waals surface area (Å²) in [6.07, 6.45) is 0. The van der Waals surface area contributed by atoms with E-state index in [9.17, 15) is 9.59 Å². The van der Waals surface area contributed by atoms with E-state index < -0.39 is 5.91 Å². The van der Waals surface area contributed by atoms with Gasteiger partial charge >= 0.3 is 0 Å². The molecule has 7 heteroatoms. The van der Waals surface area contributed by atoms with E-state index in [4.69, 9.17) is 5.73 Å². The van der Waals surface area contributed by atoms with Crippen LogP contribution in [-0.2, 0) is 4.79 Å². The third kappa shape index (κ3) is 3.98. The molecule has 0 aliphatic carbocycles. The first-order valence-electron chi connectivity index (χ1n) is 8.51. The van der Waals surface area contributed by atoms with Crippen molar-refractivity contribution < 1.29 is 9.59 Å². The van der Waals surface area contributed by atoms with Gasteiger partial charge < -0.3 is 16.4 Å². The Morgan fingerprint density at radius 3 is 2.41 bits per heavy atom. The molecule has 0 atom stereocenters. The smallest absolute Gasteiger partial charge is 0.250 e. The van der Waals surface area contributed by atoms with Gasteiger partial charge in [-0.25, -0.2) is 4.68 Å². The van der Waals surface area contributed by atoms with Crippen LogP contribution in [0.3, 0.4) is 0 Å². The largest absolute Gasteiger partial charge is 0.376 e. The highest BCUT2D eigenvalue weighted by Crippen LogP contribution is 2.22. The topological polar surface area (TPSA) is 102 Å². The minimum absolute atomic E-state index is 0.000307. The number of aromatic nitrogens is 2. The molecule has 0 fully saturated rings. The van der Waals surface area contributed by atoms with Crippen molar-refractivity contribution in [3.8, 4) is 5.69 Å². The monoisotopic (exact) mass is 363 g/mol. The van der Waals surface area contributed by atoms with Gasteiger partial charge in [0.05, 0.1) is 34.9 Å². The molecule has 27 heavy (non-hydrogen) atoms. The van der Waals surface area contributed by atoms with Gasteiger partial charge in [-0.15, -0.1) is 0 Å². The summed E-state index contributed by atoms with van der Waals surface area (Å²) in [5.74, 6) is -0.789. The van der Waals surface area contributed by atoms with Crippen molar-refractivity contribution >= 4 is 23.2 Å². The minimum atomic E-state index is -0.547. The first-order valence-corrected chi connectivity index (χ1v) is 8.51. The Kier molecular flexibility index (Phi) is 5.21. The highest BCUT2D eigenvalue weighted by Gasteiger charge is 2.15. The van der Waals surface area contributed by atoms with Crippen molar-refractivity contribution in [1.82, 2.24) is 9.78 Å². The van der Waals surface area contributed by atoms with E-state index in [0.29, 0.717) is 16.9 Å². The molecule has 2 aromatic carbocycles. The zero-order valence-electron chi connectivity index (χ0n) is 15.2. The molecule has 0 aliphatic rings. The highest BCUT2D eigenvalue weighted by molar-refractivity contribution is 6.00. The standard InChI is InChI=1S/C20H21N5O2/c1-13-19(14(2)25(24-13)15-8-4-3-5-9-15)23-18(26)12-22-17-11-7-6-10-16(17)20(21)27/h3-11,22H,12H2,1-2H3,(H2,21,27)(H,23,26). The molecule has 0 spiro atoms. The summed E-state index contributed by atoms with van der Waals surface area (Å²) >= 11 is 0. The molecule has 1 heterocycles. The number of amides is 2. The van der Waals surface area contributed by atoms with Crippen LogP contribution < -0.4 is 16.4 Å². The summed E-state index contributed by atoms with van der Waals surface area (Å²) in [6, 6.07) is 16.5. The predicted octanol–water partition coefficient (Wildman–Crippen LogP) is 2.64. The first kappa shape index (κ1) is 18.2. The second kappa shape index (κ2) is 7.74. The third-order valence-electron chi connectivity index (χ3n) is 4.19. The Bertz CT molecular complexity index is 979. The lowest BCUT2D eigenvalue weighted by Crippen LogP contribution is -2.24. The molecule has 3 aromatic rings. The molecule has 0 saturated carbocycles. The Labute approximate surface area is 157 Å². The van der Waals surface area contributed by atoms with Crippen LogP contribution >= 0.6 is 0 Å². The number of aryl methyl sites for hydroxylation is 1.